The number of carbonyl (C=O) groups excluding carboxylic acids is 1. The molecule has 0 unspecified atom stereocenters. The van der Waals surface area contributed by atoms with E-state index in [0.717, 1.165) is 26.5 Å². The van der Waals surface area contributed by atoms with Gasteiger partial charge in [-0.1, -0.05) is 60.0 Å². The average molecular weight is 443 g/mol. The molecule has 0 saturated heterocycles. The molecule has 8 nitrogen and oxygen atoms in total. The average Bonchev–Trinajstić information content (AvgIpc) is 3.29. The summed E-state index contributed by atoms with van der Waals surface area (Å²) in [6.07, 6.45) is 1.69. The smallest absolute Gasteiger partial charge is 0.275 e. The van der Waals surface area contributed by atoms with E-state index >= 15 is 0 Å². The Morgan fingerprint density at radius 2 is 2.00 bits per heavy atom. The van der Waals surface area contributed by atoms with Gasteiger partial charge in [0.2, 0.25) is 10.9 Å². The quantitative estimate of drug-likeness (QED) is 0.504. The topological polar surface area (TPSA) is 102 Å². The fraction of sp³-hybridized carbons (Fsp3) is 0.467. The Morgan fingerprint density at radius 3 is 2.74 bits per heavy atom. The first-order valence-corrected chi connectivity index (χ1v) is 11.9. The van der Waals surface area contributed by atoms with E-state index in [1.807, 2.05) is 13.8 Å². The Kier molecular flexibility index (Phi) is 7.21. The first kappa shape index (κ1) is 20.2. The molecule has 12 heteroatoms. The van der Waals surface area contributed by atoms with Crippen LogP contribution in [-0.2, 0) is 17.0 Å². The number of nitrogens with zero attached hydrogens (tertiary/aromatic N) is 5. The number of rotatable bonds is 9. The monoisotopic (exact) mass is 442 g/mol. The Labute approximate surface area is 172 Å². The third kappa shape index (κ3) is 5.50. The Balaban J connectivity index is 1.57. The van der Waals surface area contributed by atoms with Crippen LogP contribution in [-0.4, -0.2) is 43.0 Å². The van der Waals surface area contributed by atoms with E-state index in [0.29, 0.717) is 28.7 Å². The number of amides is 1. The van der Waals surface area contributed by atoms with E-state index in [1.165, 1.54) is 56.8 Å². The van der Waals surface area contributed by atoms with Crippen LogP contribution in [0.15, 0.2) is 19.5 Å². The van der Waals surface area contributed by atoms with E-state index in [1.54, 1.807) is 0 Å². The van der Waals surface area contributed by atoms with Crippen molar-refractivity contribution < 1.29 is 4.79 Å². The van der Waals surface area contributed by atoms with Gasteiger partial charge in [0.1, 0.15) is 5.01 Å². The van der Waals surface area contributed by atoms with Crippen LogP contribution in [0.25, 0.3) is 4.96 Å². The number of nitrogens with one attached hydrogen (secondary N) is 1. The van der Waals surface area contributed by atoms with E-state index in [4.69, 9.17) is 0 Å². The van der Waals surface area contributed by atoms with Crippen molar-refractivity contribution in [2.45, 2.75) is 41.1 Å². The minimum Gasteiger partial charge on any atom is -0.355 e. The molecule has 0 bridgehead atoms. The molecule has 3 rings (SSSR count). The highest BCUT2D eigenvalue weighted by Gasteiger charge is 2.11. The molecular formula is C15H18N6O2S4. The molecule has 144 valence electrons. The van der Waals surface area contributed by atoms with Crippen LogP contribution < -0.4 is 10.9 Å². The Bertz CT molecular complexity index is 982. The zero-order chi connectivity index (χ0) is 19.2. The highest BCUT2D eigenvalue weighted by molar-refractivity contribution is 8.03. The number of carbonyl (C=O) groups is 1. The molecule has 27 heavy (non-hydrogen) atoms. The standard InChI is InChI=1S/C15H18N6O2S4/c1-3-5-16-10(22)8-25-15-19-18-14(27-15)24-7-9-6-12(23)21-13(17-9)26-11(4-2)20-21/h6H,3-5,7-8H2,1-2H3,(H,16,22). The molecule has 0 atom stereocenters. The van der Waals surface area contributed by atoms with Gasteiger partial charge in [0, 0.05) is 18.4 Å². The number of aryl methyl sites for hydroxylation is 1. The lowest BCUT2D eigenvalue weighted by molar-refractivity contribution is -0.118. The van der Waals surface area contributed by atoms with E-state index in [-0.39, 0.29) is 11.5 Å². The molecule has 3 heterocycles. The summed E-state index contributed by atoms with van der Waals surface area (Å²) >= 11 is 5.72. The first-order chi connectivity index (χ1) is 13.1. The SMILES string of the molecule is CCCNC(=O)CSc1nnc(SCc2cc(=O)n3nc(CC)sc3n2)s1. The van der Waals surface area contributed by atoms with Gasteiger partial charge in [0.05, 0.1) is 11.4 Å². The lowest BCUT2D eigenvalue weighted by Gasteiger charge is -2.00. The second-order valence-electron chi connectivity index (χ2n) is 5.39. The molecule has 0 spiro atoms. The van der Waals surface area contributed by atoms with Gasteiger partial charge in [-0.3, -0.25) is 9.59 Å². The minimum atomic E-state index is -0.168. The van der Waals surface area contributed by atoms with Crippen molar-refractivity contribution in [2.24, 2.45) is 0 Å². The van der Waals surface area contributed by atoms with Gasteiger partial charge in [-0.15, -0.1) is 10.2 Å². The second-order valence-corrected chi connectivity index (χ2v) is 9.85. The molecule has 1 N–H and O–H groups in total. The Hall–Kier alpha value is -1.50. The summed E-state index contributed by atoms with van der Waals surface area (Å²) in [5, 5.41) is 16.2. The third-order valence-corrected chi connectivity index (χ3v) is 7.55. The van der Waals surface area contributed by atoms with Gasteiger partial charge < -0.3 is 5.32 Å². The summed E-state index contributed by atoms with van der Waals surface area (Å²) in [7, 11) is 0. The first-order valence-electron chi connectivity index (χ1n) is 8.33. The molecule has 0 saturated carbocycles. The molecular weight excluding hydrogens is 424 g/mol. The molecule has 0 radical (unpaired) electrons. The van der Waals surface area contributed by atoms with Gasteiger partial charge in [0.15, 0.2) is 8.68 Å². The van der Waals surface area contributed by atoms with Crippen LogP contribution in [0.3, 0.4) is 0 Å². The third-order valence-electron chi connectivity index (χ3n) is 3.27. The molecule has 1 amide bonds. The highest BCUT2D eigenvalue weighted by atomic mass is 32.2. The van der Waals surface area contributed by atoms with Crippen molar-refractivity contribution in [3.63, 3.8) is 0 Å². The number of thioether (sulfide) groups is 2. The van der Waals surface area contributed by atoms with Gasteiger partial charge in [-0.2, -0.15) is 9.61 Å². The predicted molar refractivity (Wildman–Crippen MR) is 110 cm³/mol. The van der Waals surface area contributed by atoms with Crippen molar-refractivity contribution >= 4 is 57.1 Å². The molecule has 3 aromatic heterocycles. The summed E-state index contributed by atoms with van der Waals surface area (Å²) in [5.41, 5.74) is 0.526. The maximum atomic E-state index is 12.2. The zero-order valence-electron chi connectivity index (χ0n) is 14.8. The number of aromatic nitrogens is 5. The summed E-state index contributed by atoms with van der Waals surface area (Å²) in [4.78, 5) is 28.9. The molecule has 0 aromatic carbocycles. The van der Waals surface area contributed by atoms with Gasteiger partial charge in [0.25, 0.3) is 5.56 Å². The van der Waals surface area contributed by atoms with Crippen molar-refractivity contribution in [1.29, 1.82) is 0 Å². The number of fused-ring (bicyclic) bond motifs is 1. The van der Waals surface area contributed by atoms with Crippen molar-refractivity contribution in [3.05, 3.63) is 27.1 Å². The van der Waals surface area contributed by atoms with Crippen LogP contribution in [0.4, 0.5) is 0 Å². The molecule has 0 aliphatic rings. The van der Waals surface area contributed by atoms with Gasteiger partial charge in [-0.25, -0.2) is 4.98 Å². The molecule has 0 fully saturated rings. The lowest BCUT2D eigenvalue weighted by atomic mass is 10.4. The minimum absolute atomic E-state index is 0.000219. The summed E-state index contributed by atoms with van der Waals surface area (Å²) in [6, 6.07) is 1.51. The lowest BCUT2D eigenvalue weighted by Crippen LogP contribution is -2.25. The molecule has 0 aliphatic carbocycles. The molecule has 0 aliphatic heterocycles. The van der Waals surface area contributed by atoms with E-state index < -0.39 is 0 Å². The summed E-state index contributed by atoms with van der Waals surface area (Å²) in [5.74, 6) is 0.862. The van der Waals surface area contributed by atoms with E-state index in [9.17, 15) is 9.59 Å². The van der Waals surface area contributed by atoms with Crippen LogP contribution in [0.1, 0.15) is 31.0 Å². The highest BCUT2D eigenvalue weighted by Crippen LogP contribution is 2.30. The summed E-state index contributed by atoms with van der Waals surface area (Å²) in [6.45, 7) is 4.70. The van der Waals surface area contributed by atoms with Crippen LogP contribution in [0.2, 0.25) is 0 Å². The number of hydrogen-bond acceptors (Lipinski definition) is 10. The second kappa shape index (κ2) is 9.62. The van der Waals surface area contributed by atoms with Crippen LogP contribution >= 0.6 is 46.2 Å². The van der Waals surface area contributed by atoms with Crippen molar-refractivity contribution in [2.75, 3.05) is 12.3 Å². The van der Waals surface area contributed by atoms with Gasteiger partial charge >= 0.3 is 0 Å². The van der Waals surface area contributed by atoms with E-state index in [2.05, 4.69) is 25.6 Å². The molecule has 3 aromatic rings. The van der Waals surface area contributed by atoms with Gasteiger partial charge in [-0.05, 0) is 12.8 Å². The maximum Gasteiger partial charge on any atom is 0.275 e. The van der Waals surface area contributed by atoms with Crippen LogP contribution in [0.5, 0.6) is 0 Å². The zero-order valence-corrected chi connectivity index (χ0v) is 18.1. The van der Waals surface area contributed by atoms with Crippen molar-refractivity contribution in [1.82, 2.24) is 30.1 Å². The summed E-state index contributed by atoms with van der Waals surface area (Å²) < 4.78 is 2.88. The fourth-order valence-corrected chi connectivity index (χ4v) is 5.61. The maximum absolute atomic E-state index is 12.2. The predicted octanol–water partition coefficient (Wildman–Crippen LogP) is 2.48. The normalized spacial score (nSPS) is 11.2. The largest absolute Gasteiger partial charge is 0.355 e. The van der Waals surface area contributed by atoms with Crippen LogP contribution in [0, 0.1) is 0 Å². The Morgan fingerprint density at radius 1 is 1.22 bits per heavy atom. The number of hydrogen-bond donors (Lipinski definition) is 1. The van der Waals surface area contributed by atoms with Crippen molar-refractivity contribution in [3.8, 4) is 0 Å². The fourth-order valence-electron chi connectivity index (χ4n) is 2.00.